The van der Waals surface area contributed by atoms with E-state index in [1.165, 1.54) is 0 Å². The van der Waals surface area contributed by atoms with Crippen LogP contribution in [0, 0.1) is 0 Å². The molecule has 110 valence electrons. The Morgan fingerprint density at radius 1 is 1.35 bits per heavy atom. The summed E-state index contributed by atoms with van der Waals surface area (Å²) in [7, 11) is 0. The summed E-state index contributed by atoms with van der Waals surface area (Å²) in [6.45, 7) is 0.915. The summed E-state index contributed by atoms with van der Waals surface area (Å²) in [5, 5.41) is 14.8. The summed E-state index contributed by atoms with van der Waals surface area (Å²) in [5.74, 6) is -1.48. The number of carboxylic acids is 1. The largest absolute Gasteiger partial charge is 0.480 e. The van der Waals surface area contributed by atoms with Crippen LogP contribution < -0.4 is 16.4 Å². The van der Waals surface area contributed by atoms with E-state index in [0.29, 0.717) is 30.2 Å². The SMILES string of the molecule is NCCCN[C@@H](CC(=O)Nc1ccccc1Cl)C(=O)O. The molecule has 1 atom stereocenters. The van der Waals surface area contributed by atoms with Crippen LogP contribution in [-0.2, 0) is 9.59 Å². The molecule has 0 aliphatic carbocycles. The summed E-state index contributed by atoms with van der Waals surface area (Å²) in [6, 6.07) is 5.83. The fourth-order valence-electron chi connectivity index (χ4n) is 1.57. The maximum Gasteiger partial charge on any atom is 0.321 e. The van der Waals surface area contributed by atoms with Gasteiger partial charge in [-0.3, -0.25) is 9.59 Å². The summed E-state index contributed by atoms with van der Waals surface area (Å²) in [5.41, 5.74) is 5.79. The maximum atomic E-state index is 11.8. The van der Waals surface area contributed by atoms with Gasteiger partial charge in [0.2, 0.25) is 5.91 Å². The molecule has 0 spiro atoms. The highest BCUT2D eigenvalue weighted by Crippen LogP contribution is 2.20. The Labute approximate surface area is 122 Å². The number of amides is 1. The van der Waals surface area contributed by atoms with Crippen LogP contribution in [0.25, 0.3) is 0 Å². The van der Waals surface area contributed by atoms with Crippen molar-refractivity contribution in [2.75, 3.05) is 18.4 Å². The molecule has 0 unspecified atom stereocenters. The number of aliphatic carboxylic acids is 1. The lowest BCUT2D eigenvalue weighted by molar-refractivity contribution is -0.141. The summed E-state index contributed by atoms with van der Waals surface area (Å²) in [6.07, 6.45) is 0.473. The van der Waals surface area contributed by atoms with Crippen LogP contribution in [-0.4, -0.2) is 36.1 Å². The lowest BCUT2D eigenvalue weighted by Crippen LogP contribution is -2.40. The van der Waals surface area contributed by atoms with Crippen molar-refractivity contribution in [1.82, 2.24) is 5.32 Å². The molecule has 0 saturated carbocycles. The maximum absolute atomic E-state index is 11.8. The molecule has 0 radical (unpaired) electrons. The first-order valence-corrected chi connectivity index (χ1v) is 6.63. The molecule has 0 heterocycles. The molecule has 0 aromatic heterocycles. The minimum absolute atomic E-state index is 0.175. The molecular weight excluding hydrogens is 282 g/mol. The van der Waals surface area contributed by atoms with E-state index in [2.05, 4.69) is 10.6 Å². The van der Waals surface area contributed by atoms with Gasteiger partial charge < -0.3 is 21.5 Å². The van der Waals surface area contributed by atoms with Gasteiger partial charge in [-0.25, -0.2) is 0 Å². The Kier molecular flexibility index (Phi) is 7.00. The third-order valence-electron chi connectivity index (χ3n) is 2.61. The number of anilines is 1. The summed E-state index contributed by atoms with van der Waals surface area (Å²) in [4.78, 5) is 22.9. The van der Waals surface area contributed by atoms with E-state index < -0.39 is 17.9 Å². The van der Waals surface area contributed by atoms with Gasteiger partial charge in [-0.15, -0.1) is 0 Å². The molecule has 1 rings (SSSR count). The quantitative estimate of drug-likeness (QED) is 0.537. The highest BCUT2D eigenvalue weighted by atomic mass is 35.5. The molecule has 0 bridgehead atoms. The number of carbonyl (C=O) groups excluding carboxylic acids is 1. The monoisotopic (exact) mass is 299 g/mol. The number of nitrogens with one attached hydrogen (secondary N) is 2. The van der Waals surface area contributed by atoms with Crippen molar-refractivity contribution in [3.8, 4) is 0 Å². The molecule has 5 N–H and O–H groups in total. The highest BCUT2D eigenvalue weighted by molar-refractivity contribution is 6.33. The molecule has 1 aromatic rings. The minimum Gasteiger partial charge on any atom is -0.480 e. The Morgan fingerprint density at radius 3 is 2.65 bits per heavy atom. The lowest BCUT2D eigenvalue weighted by Gasteiger charge is -2.14. The van der Waals surface area contributed by atoms with Gasteiger partial charge in [-0.1, -0.05) is 23.7 Å². The first-order valence-electron chi connectivity index (χ1n) is 6.25. The Morgan fingerprint density at radius 2 is 2.05 bits per heavy atom. The molecule has 1 aromatic carbocycles. The second-order valence-electron chi connectivity index (χ2n) is 4.22. The van der Waals surface area contributed by atoms with E-state index in [9.17, 15) is 9.59 Å². The number of nitrogens with two attached hydrogens (primary N) is 1. The van der Waals surface area contributed by atoms with Crippen molar-refractivity contribution in [3.63, 3.8) is 0 Å². The number of para-hydroxylation sites is 1. The molecule has 0 aliphatic heterocycles. The van der Waals surface area contributed by atoms with Gasteiger partial charge >= 0.3 is 5.97 Å². The number of carbonyl (C=O) groups is 2. The van der Waals surface area contributed by atoms with Gasteiger partial charge in [0.25, 0.3) is 0 Å². The standard InChI is InChI=1S/C13H18ClN3O3/c14-9-4-1-2-5-10(9)17-12(18)8-11(13(19)20)16-7-3-6-15/h1-2,4-5,11,16H,3,6-8,15H2,(H,17,18)(H,19,20)/t11-/m0/s1. The first kappa shape index (κ1) is 16.4. The van der Waals surface area contributed by atoms with E-state index in [-0.39, 0.29) is 6.42 Å². The average Bonchev–Trinajstić information content (AvgIpc) is 2.40. The zero-order chi connectivity index (χ0) is 15.0. The van der Waals surface area contributed by atoms with Gasteiger partial charge in [-0.05, 0) is 31.6 Å². The molecule has 0 saturated heterocycles. The predicted octanol–water partition coefficient (Wildman–Crippen LogP) is 1.06. The van der Waals surface area contributed by atoms with Gasteiger partial charge in [0.05, 0.1) is 17.1 Å². The first-order chi connectivity index (χ1) is 9.54. The van der Waals surface area contributed by atoms with Crippen LogP contribution in [0.5, 0.6) is 0 Å². The number of hydrogen-bond acceptors (Lipinski definition) is 4. The molecular formula is C13H18ClN3O3. The molecule has 0 aliphatic rings. The highest BCUT2D eigenvalue weighted by Gasteiger charge is 2.20. The van der Waals surface area contributed by atoms with E-state index >= 15 is 0 Å². The topological polar surface area (TPSA) is 104 Å². The Hall–Kier alpha value is -1.63. The number of halogens is 1. The minimum atomic E-state index is -1.07. The average molecular weight is 300 g/mol. The van der Waals surface area contributed by atoms with Crippen molar-refractivity contribution in [1.29, 1.82) is 0 Å². The second-order valence-corrected chi connectivity index (χ2v) is 4.63. The van der Waals surface area contributed by atoms with Crippen molar-refractivity contribution in [2.24, 2.45) is 5.73 Å². The van der Waals surface area contributed by atoms with Gasteiger partial charge in [0, 0.05) is 0 Å². The smallest absolute Gasteiger partial charge is 0.321 e. The van der Waals surface area contributed by atoms with Crippen LogP contribution >= 0.6 is 11.6 Å². The molecule has 20 heavy (non-hydrogen) atoms. The number of rotatable bonds is 8. The van der Waals surface area contributed by atoms with Crippen molar-refractivity contribution in [3.05, 3.63) is 29.3 Å². The number of benzene rings is 1. The lowest BCUT2D eigenvalue weighted by atomic mass is 10.2. The van der Waals surface area contributed by atoms with Crippen LogP contribution in [0.15, 0.2) is 24.3 Å². The zero-order valence-electron chi connectivity index (χ0n) is 10.9. The van der Waals surface area contributed by atoms with Gasteiger partial charge in [0.15, 0.2) is 0 Å². The third-order valence-corrected chi connectivity index (χ3v) is 2.94. The number of hydrogen-bond donors (Lipinski definition) is 4. The third kappa shape index (κ3) is 5.56. The molecule has 0 fully saturated rings. The van der Waals surface area contributed by atoms with Gasteiger partial charge in [0.1, 0.15) is 6.04 Å². The van der Waals surface area contributed by atoms with Crippen LogP contribution in [0.1, 0.15) is 12.8 Å². The molecule has 1 amide bonds. The van der Waals surface area contributed by atoms with Crippen molar-refractivity contribution in [2.45, 2.75) is 18.9 Å². The fourth-order valence-corrected chi connectivity index (χ4v) is 1.76. The van der Waals surface area contributed by atoms with Crippen LogP contribution in [0.3, 0.4) is 0 Å². The van der Waals surface area contributed by atoms with Crippen molar-refractivity contribution < 1.29 is 14.7 Å². The molecule has 7 heteroatoms. The van der Waals surface area contributed by atoms with Gasteiger partial charge in [-0.2, -0.15) is 0 Å². The zero-order valence-corrected chi connectivity index (χ0v) is 11.7. The summed E-state index contributed by atoms with van der Waals surface area (Å²) >= 11 is 5.91. The Bertz CT molecular complexity index is 468. The predicted molar refractivity (Wildman–Crippen MR) is 77.8 cm³/mol. The van der Waals surface area contributed by atoms with Crippen molar-refractivity contribution >= 4 is 29.2 Å². The fraction of sp³-hybridized carbons (Fsp3) is 0.385. The van der Waals surface area contributed by atoms with Crippen LogP contribution in [0.2, 0.25) is 5.02 Å². The van der Waals surface area contributed by atoms with E-state index in [0.717, 1.165) is 0 Å². The van der Waals surface area contributed by atoms with Crippen LogP contribution in [0.4, 0.5) is 5.69 Å². The Balaban J connectivity index is 2.54. The summed E-state index contributed by atoms with van der Waals surface area (Å²) < 4.78 is 0. The van der Waals surface area contributed by atoms with E-state index in [4.69, 9.17) is 22.4 Å². The second kappa shape index (κ2) is 8.52. The number of carboxylic acid groups (broad SMARTS) is 1. The normalized spacial score (nSPS) is 11.9. The van der Waals surface area contributed by atoms with E-state index in [1.807, 2.05) is 0 Å². The molecule has 6 nitrogen and oxygen atoms in total. The van der Waals surface area contributed by atoms with E-state index in [1.54, 1.807) is 24.3 Å².